The molecule has 0 saturated heterocycles. The van der Waals surface area contributed by atoms with Crippen LogP contribution in [0.15, 0.2) is 0 Å². The first-order chi connectivity index (χ1) is 8.24. The number of amidine groups is 1. The first kappa shape index (κ1) is 14.5. The fourth-order valence-electron chi connectivity index (χ4n) is 2.28. The quantitative estimate of drug-likeness (QED) is 0.330. The smallest absolute Gasteiger partial charge is 0.0918 e. The van der Waals surface area contributed by atoms with E-state index in [4.69, 9.17) is 11.1 Å². The molecule has 0 aromatic heterocycles. The summed E-state index contributed by atoms with van der Waals surface area (Å²) in [4.78, 5) is 2.54. The van der Waals surface area contributed by atoms with Gasteiger partial charge in [-0.3, -0.25) is 10.3 Å². The highest BCUT2D eigenvalue weighted by atomic mass is 15.2. The number of nitrogens with zero attached hydrogens (tertiary/aromatic N) is 1. The molecule has 100 valence electrons. The lowest BCUT2D eigenvalue weighted by Crippen LogP contribution is -2.30. The second-order valence-corrected chi connectivity index (χ2v) is 5.31. The van der Waals surface area contributed by atoms with Gasteiger partial charge in [-0.25, -0.2) is 0 Å². The Morgan fingerprint density at radius 3 is 2.35 bits per heavy atom. The average Bonchev–Trinajstić information content (AvgIpc) is 3.11. The number of rotatable bonds is 11. The summed E-state index contributed by atoms with van der Waals surface area (Å²) in [5.41, 5.74) is 5.43. The van der Waals surface area contributed by atoms with Crippen LogP contribution in [0.5, 0.6) is 0 Å². The largest absolute Gasteiger partial charge is 0.388 e. The zero-order valence-electron chi connectivity index (χ0n) is 11.4. The van der Waals surface area contributed by atoms with Gasteiger partial charge in [0.25, 0.3) is 0 Å². The maximum Gasteiger partial charge on any atom is 0.0918 e. The van der Waals surface area contributed by atoms with Crippen LogP contribution < -0.4 is 5.73 Å². The van der Waals surface area contributed by atoms with Crippen LogP contribution in [-0.4, -0.2) is 29.9 Å². The maximum atomic E-state index is 7.29. The van der Waals surface area contributed by atoms with Gasteiger partial charge >= 0.3 is 0 Å². The van der Waals surface area contributed by atoms with E-state index in [1.54, 1.807) is 0 Å². The topological polar surface area (TPSA) is 53.1 Å². The van der Waals surface area contributed by atoms with Gasteiger partial charge in [0.1, 0.15) is 0 Å². The number of nitrogens with two attached hydrogens (primary N) is 1. The van der Waals surface area contributed by atoms with Gasteiger partial charge in [-0.1, -0.05) is 39.0 Å². The van der Waals surface area contributed by atoms with E-state index in [1.165, 1.54) is 57.9 Å². The van der Waals surface area contributed by atoms with Crippen LogP contribution in [0.2, 0.25) is 0 Å². The van der Waals surface area contributed by atoms with E-state index in [0.717, 1.165) is 19.0 Å². The Kier molecular flexibility index (Phi) is 7.25. The van der Waals surface area contributed by atoms with Gasteiger partial charge in [0.15, 0.2) is 0 Å². The summed E-state index contributed by atoms with van der Waals surface area (Å²) in [7, 11) is 0. The molecule has 0 unspecified atom stereocenters. The molecule has 0 aliphatic heterocycles. The third-order valence-corrected chi connectivity index (χ3v) is 3.53. The normalized spacial score (nSPS) is 15.4. The molecule has 1 fully saturated rings. The van der Waals surface area contributed by atoms with Crippen molar-refractivity contribution in [2.24, 2.45) is 5.73 Å². The van der Waals surface area contributed by atoms with Crippen molar-refractivity contribution in [1.29, 1.82) is 5.41 Å². The molecule has 3 nitrogen and oxygen atoms in total. The molecule has 1 aliphatic carbocycles. The van der Waals surface area contributed by atoms with E-state index in [0.29, 0.717) is 5.84 Å². The van der Waals surface area contributed by atoms with Crippen LogP contribution in [0.25, 0.3) is 0 Å². The van der Waals surface area contributed by atoms with Crippen molar-refractivity contribution in [3.05, 3.63) is 0 Å². The number of hydrogen-bond donors (Lipinski definition) is 2. The third kappa shape index (κ3) is 7.37. The van der Waals surface area contributed by atoms with Crippen LogP contribution >= 0.6 is 0 Å². The predicted molar refractivity (Wildman–Crippen MR) is 74.5 cm³/mol. The summed E-state index contributed by atoms with van der Waals surface area (Å²) in [5.74, 6) is 0.332. The second-order valence-electron chi connectivity index (χ2n) is 5.31. The van der Waals surface area contributed by atoms with Gasteiger partial charge in [0.2, 0.25) is 0 Å². The lowest BCUT2D eigenvalue weighted by atomic mass is 10.1. The van der Waals surface area contributed by atoms with Crippen molar-refractivity contribution < 1.29 is 0 Å². The van der Waals surface area contributed by atoms with Gasteiger partial charge < -0.3 is 5.73 Å². The molecule has 3 heteroatoms. The van der Waals surface area contributed by atoms with E-state index >= 15 is 0 Å². The Labute approximate surface area is 106 Å². The molecule has 0 atom stereocenters. The van der Waals surface area contributed by atoms with Crippen molar-refractivity contribution in [2.45, 2.75) is 70.8 Å². The monoisotopic (exact) mass is 239 g/mol. The van der Waals surface area contributed by atoms with Crippen LogP contribution in [0.3, 0.4) is 0 Å². The zero-order chi connectivity index (χ0) is 12.5. The molecular weight excluding hydrogens is 210 g/mol. The Balaban J connectivity index is 2.02. The van der Waals surface area contributed by atoms with Gasteiger partial charge in [-0.15, -0.1) is 0 Å². The summed E-state index contributed by atoms with van der Waals surface area (Å²) in [6.07, 6.45) is 11.6. The molecular formula is C14H29N3. The van der Waals surface area contributed by atoms with Crippen molar-refractivity contribution in [3.63, 3.8) is 0 Å². The van der Waals surface area contributed by atoms with Gasteiger partial charge in [0, 0.05) is 19.0 Å². The Bertz CT molecular complexity index is 212. The van der Waals surface area contributed by atoms with Crippen LogP contribution in [0.1, 0.15) is 64.7 Å². The maximum absolute atomic E-state index is 7.29. The first-order valence-corrected chi connectivity index (χ1v) is 7.31. The second kappa shape index (κ2) is 8.51. The highest BCUT2D eigenvalue weighted by Gasteiger charge is 2.27. The molecule has 1 aliphatic rings. The minimum Gasteiger partial charge on any atom is -0.388 e. The summed E-state index contributed by atoms with van der Waals surface area (Å²) < 4.78 is 0. The minimum absolute atomic E-state index is 0.332. The van der Waals surface area contributed by atoms with Crippen molar-refractivity contribution in [3.8, 4) is 0 Å². The first-order valence-electron chi connectivity index (χ1n) is 7.31. The molecule has 1 saturated carbocycles. The van der Waals surface area contributed by atoms with E-state index in [-0.39, 0.29) is 0 Å². The molecule has 0 aromatic carbocycles. The van der Waals surface area contributed by atoms with Crippen LogP contribution in [-0.2, 0) is 0 Å². The molecule has 0 aromatic rings. The Morgan fingerprint density at radius 2 is 1.76 bits per heavy atom. The number of hydrogen-bond acceptors (Lipinski definition) is 2. The third-order valence-electron chi connectivity index (χ3n) is 3.53. The summed E-state index contributed by atoms with van der Waals surface area (Å²) >= 11 is 0. The standard InChI is InChI=1S/C14H29N3/c1-2-3-4-5-6-7-11-17(13-8-9-13)12-10-14(15)16/h13H,2-12H2,1H3,(H3,15,16). The summed E-state index contributed by atoms with van der Waals surface area (Å²) in [5, 5.41) is 7.29. The highest BCUT2D eigenvalue weighted by molar-refractivity contribution is 5.76. The SMILES string of the molecule is CCCCCCCCN(CCC(=N)N)C1CC1. The van der Waals surface area contributed by atoms with E-state index in [2.05, 4.69) is 11.8 Å². The lowest BCUT2D eigenvalue weighted by molar-refractivity contribution is 0.263. The van der Waals surface area contributed by atoms with Crippen molar-refractivity contribution in [2.75, 3.05) is 13.1 Å². The summed E-state index contributed by atoms with van der Waals surface area (Å²) in [6.45, 7) is 4.47. The van der Waals surface area contributed by atoms with Crippen molar-refractivity contribution >= 4 is 5.84 Å². The molecule has 3 N–H and O–H groups in total. The zero-order valence-corrected chi connectivity index (χ0v) is 11.4. The molecule has 1 rings (SSSR count). The number of unbranched alkanes of at least 4 members (excludes halogenated alkanes) is 5. The number of nitrogens with one attached hydrogen (secondary N) is 1. The van der Waals surface area contributed by atoms with Crippen molar-refractivity contribution in [1.82, 2.24) is 4.90 Å². The molecule has 17 heavy (non-hydrogen) atoms. The van der Waals surface area contributed by atoms with Crippen LogP contribution in [0, 0.1) is 5.41 Å². The van der Waals surface area contributed by atoms with Gasteiger partial charge in [-0.05, 0) is 25.8 Å². The highest BCUT2D eigenvalue weighted by Crippen LogP contribution is 2.27. The van der Waals surface area contributed by atoms with E-state index < -0.39 is 0 Å². The molecule has 0 radical (unpaired) electrons. The minimum atomic E-state index is 0.332. The van der Waals surface area contributed by atoms with Gasteiger partial charge in [0.05, 0.1) is 5.84 Å². The molecule has 0 heterocycles. The average molecular weight is 239 g/mol. The molecule has 0 bridgehead atoms. The fraction of sp³-hybridized carbons (Fsp3) is 0.929. The van der Waals surface area contributed by atoms with E-state index in [1.807, 2.05) is 0 Å². The fourth-order valence-corrected chi connectivity index (χ4v) is 2.28. The molecule has 0 spiro atoms. The predicted octanol–water partition coefficient (Wildman–Crippen LogP) is 3.14. The van der Waals surface area contributed by atoms with E-state index in [9.17, 15) is 0 Å². The lowest BCUT2D eigenvalue weighted by Gasteiger charge is -2.21. The summed E-state index contributed by atoms with van der Waals surface area (Å²) in [6, 6.07) is 0.810. The van der Waals surface area contributed by atoms with Gasteiger partial charge in [-0.2, -0.15) is 0 Å². The Morgan fingerprint density at radius 1 is 1.12 bits per heavy atom. The Hall–Kier alpha value is -0.570. The van der Waals surface area contributed by atoms with Crippen LogP contribution in [0.4, 0.5) is 0 Å². The molecule has 0 amide bonds.